The Morgan fingerprint density at radius 2 is 2.04 bits per heavy atom. The summed E-state index contributed by atoms with van der Waals surface area (Å²) in [4.78, 5) is 28.6. The van der Waals surface area contributed by atoms with Crippen molar-refractivity contribution in [3.63, 3.8) is 0 Å². The summed E-state index contributed by atoms with van der Waals surface area (Å²) in [6.45, 7) is 6.36. The summed E-state index contributed by atoms with van der Waals surface area (Å²) in [6.07, 6.45) is 3.83. The maximum Gasteiger partial charge on any atom is 0.408 e. The van der Waals surface area contributed by atoms with E-state index in [9.17, 15) is 9.59 Å². The van der Waals surface area contributed by atoms with Crippen molar-refractivity contribution in [1.29, 1.82) is 0 Å². The number of hydrogen-bond acceptors (Lipinski definition) is 5. The number of pyridine rings is 1. The van der Waals surface area contributed by atoms with E-state index in [2.05, 4.69) is 15.6 Å². The third-order valence-corrected chi connectivity index (χ3v) is 3.36. The lowest BCUT2D eigenvalue weighted by molar-refractivity contribution is -0.123. The number of aromatic nitrogens is 1. The van der Waals surface area contributed by atoms with E-state index in [0.717, 1.165) is 18.5 Å². The molecule has 1 aromatic heterocycles. The fourth-order valence-corrected chi connectivity index (χ4v) is 2.19. The number of carbonyl (C=O) groups is 2. The van der Waals surface area contributed by atoms with Crippen LogP contribution in [0.5, 0.6) is 0 Å². The lowest BCUT2D eigenvalue weighted by Gasteiger charge is -2.23. The summed E-state index contributed by atoms with van der Waals surface area (Å²) in [5.41, 5.74) is 5.80. The van der Waals surface area contributed by atoms with Crippen LogP contribution in [0, 0.1) is 0 Å². The van der Waals surface area contributed by atoms with Gasteiger partial charge in [0.25, 0.3) is 0 Å². The van der Waals surface area contributed by atoms with Crippen LogP contribution in [-0.4, -0.2) is 41.7 Å². The molecule has 7 nitrogen and oxygen atoms in total. The predicted molar refractivity (Wildman–Crippen MR) is 97.0 cm³/mol. The Morgan fingerprint density at radius 3 is 2.64 bits per heavy atom. The zero-order valence-electron chi connectivity index (χ0n) is 15.4. The molecule has 140 valence electrons. The van der Waals surface area contributed by atoms with Crippen LogP contribution in [0.25, 0.3) is 0 Å². The average Bonchev–Trinajstić information content (AvgIpc) is 2.53. The van der Waals surface area contributed by atoms with Gasteiger partial charge in [-0.15, -0.1) is 0 Å². The number of unbranched alkanes of at least 4 members (excludes halogenated alkanes) is 1. The van der Waals surface area contributed by atoms with Gasteiger partial charge in [-0.3, -0.25) is 9.78 Å². The third kappa shape index (κ3) is 9.66. The molecule has 7 heteroatoms. The molecule has 1 rings (SSSR count). The molecule has 25 heavy (non-hydrogen) atoms. The third-order valence-electron chi connectivity index (χ3n) is 3.36. The van der Waals surface area contributed by atoms with E-state index in [1.807, 2.05) is 18.2 Å². The standard InChI is InChI=1S/C18H30N4O3/c1-18(2,3)25-17(24)22-15(9-4-6-11-19)16(23)21-13-10-14-8-5-7-12-20-14/h5,7-8,12,15H,4,6,9-11,13,19H2,1-3H3,(H,21,23)(H,22,24). The lowest BCUT2D eigenvalue weighted by atomic mass is 10.1. The van der Waals surface area contributed by atoms with Gasteiger partial charge in [0.1, 0.15) is 11.6 Å². The number of amides is 2. The molecule has 4 N–H and O–H groups in total. The van der Waals surface area contributed by atoms with Gasteiger partial charge in [-0.1, -0.05) is 6.07 Å². The van der Waals surface area contributed by atoms with Crippen LogP contribution in [0.2, 0.25) is 0 Å². The Balaban J connectivity index is 2.51. The van der Waals surface area contributed by atoms with Gasteiger partial charge in [-0.05, 0) is 58.7 Å². The van der Waals surface area contributed by atoms with E-state index in [1.165, 1.54) is 0 Å². The normalized spacial score (nSPS) is 12.3. The molecular weight excluding hydrogens is 320 g/mol. The second-order valence-corrected chi connectivity index (χ2v) is 6.85. The zero-order valence-corrected chi connectivity index (χ0v) is 15.4. The fraction of sp³-hybridized carbons (Fsp3) is 0.611. The van der Waals surface area contributed by atoms with E-state index in [1.54, 1.807) is 27.0 Å². The average molecular weight is 350 g/mol. The van der Waals surface area contributed by atoms with Gasteiger partial charge in [0.15, 0.2) is 0 Å². The molecule has 0 aromatic carbocycles. The summed E-state index contributed by atoms with van der Waals surface area (Å²) < 4.78 is 5.23. The van der Waals surface area contributed by atoms with Gasteiger partial charge in [0, 0.05) is 24.9 Å². The number of nitrogens with zero attached hydrogens (tertiary/aromatic N) is 1. The Bertz CT molecular complexity index is 529. The Kier molecular flexibility index (Phi) is 8.91. The Labute approximate surface area is 149 Å². The molecule has 1 atom stereocenters. The molecule has 2 amide bonds. The van der Waals surface area contributed by atoms with Gasteiger partial charge in [-0.25, -0.2) is 4.79 Å². The van der Waals surface area contributed by atoms with E-state index in [-0.39, 0.29) is 5.91 Å². The maximum atomic E-state index is 12.4. The summed E-state index contributed by atoms with van der Waals surface area (Å²) in [5.74, 6) is -0.223. The van der Waals surface area contributed by atoms with Crippen LogP contribution in [0.15, 0.2) is 24.4 Å². The Morgan fingerprint density at radius 1 is 1.28 bits per heavy atom. The number of hydrogen-bond donors (Lipinski definition) is 3. The summed E-state index contributed by atoms with van der Waals surface area (Å²) in [7, 11) is 0. The minimum absolute atomic E-state index is 0.223. The number of rotatable bonds is 9. The first-order valence-electron chi connectivity index (χ1n) is 8.69. The molecule has 1 unspecified atom stereocenters. The molecule has 0 saturated carbocycles. The van der Waals surface area contributed by atoms with Crippen molar-refractivity contribution in [1.82, 2.24) is 15.6 Å². The highest BCUT2D eigenvalue weighted by molar-refractivity contribution is 5.85. The summed E-state index contributed by atoms with van der Waals surface area (Å²) in [6, 6.07) is 5.03. The number of nitrogens with one attached hydrogen (secondary N) is 2. The number of alkyl carbamates (subject to hydrolysis) is 1. The summed E-state index contributed by atoms with van der Waals surface area (Å²) in [5, 5.41) is 5.50. The van der Waals surface area contributed by atoms with Crippen LogP contribution in [-0.2, 0) is 16.0 Å². The minimum atomic E-state index is -0.634. The quantitative estimate of drug-likeness (QED) is 0.588. The highest BCUT2D eigenvalue weighted by Gasteiger charge is 2.23. The number of carbonyl (C=O) groups excluding carboxylic acids is 2. The smallest absolute Gasteiger partial charge is 0.408 e. The van der Waals surface area contributed by atoms with Gasteiger partial charge in [0.05, 0.1) is 0 Å². The second kappa shape index (κ2) is 10.7. The highest BCUT2D eigenvalue weighted by Crippen LogP contribution is 2.08. The molecule has 0 aliphatic carbocycles. The molecule has 0 aliphatic rings. The van der Waals surface area contributed by atoms with Crippen LogP contribution < -0.4 is 16.4 Å². The SMILES string of the molecule is CC(C)(C)OC(=O)NC(CCCCN)C(=O)NCCc1ccccn1. The van der Waals surface area contributed by atoms with Crippen molar-refractivity contribution in [2.45, 2.75) is 58.1 Å². The first-order chi connectivity index (χ1) is 11.8. The molecule has 1 heterocycles. The fourth-order valence-electron chi connectivity index (χ4n) is 2.19. The van der Waals surface area contributed by atoms with Crippen molar-refractivity contribution in [3.05, 3.63) is 30.1 Å². The second-order valence-electron chi connectivity index (χ2n) is 6.85. The van der Waals surface area contributed by atoms with E-state index in [0.29, 0.717) is 25.9 Å². The largest absolute Gasteiger partial charge is 0.444 e. The van der Waals surface area contributed by atoms with E-state index >= 15 is 0 Å². The molecule has 1 aromatic rings. The lowest BCUT2D eigenvalue weighted by Crippen LogP contribution is -2.48. The van der Waals surface area contributed by atoms with Gasteiger partial charge in [0.2, 0.25) is 5.91 Å². The zero-order chi connectivity index (χ0) is 18.7. The Hall–Kier alpha value is -2.15. The maximum absolute atomic E-state index is 12.4. The van der Waals surface area contributed by atoms with Gasteiger partial charge in [-0.2, -0.15) is 0 Å². The van der Waals surface area contributed by atoms with Gasteiger partial charge < -0.3 is 21.1 Å². The van der Waals surface area contributed by atoms with Crippen molar-refractivity contribution < 1.29 is 14.3 Å². The minimum Gasteiger partial charge on any atom is -0.444 e. The van der Waals surface area contributed by atoms with Crippen LogP contribution in [0.4, 0.5) is 4.79 Å². The predicted octanol–water partition coefficient (Wildman–Crippen LogP) is 1.76. The first kappa shape index (κ1) is 20.9. The van der Waals surface area contributed by atoms with E-state index < -0.39 is 17.7 Å². The first-order valence-corrected chi connectivity index (χ1v) is 8.69. The highest BCUT2D eigenvalue weighted by atomic mass is 16.6. The molecule has 0 spiro atoms. The molecular formula is C18H30N4O3. The topological polar surface area (TPSA) is 106 Å². The monoisotopic (exact) mass is 350 g/mol. The van der Waals surface area contributed by atoms with Crippen molar-refractivity contribution >= 4 is 12.0 Å². The number of nitrogens with two attached hydrogens (primary N) is 1. The van der Waals surface area contributed by atoms with Crippen LogP contribution in [0.3, 0.4) is 0 Å². The molecule has 0 radical (unpaired) electrons. The van der Waals surface area contributed by atoms with Gasteiger partial charge >= 0.3 is 6.09 Å². The van der Waals surface area contributed by atoms with Crippen molar-refractivity contribution in [3.8, 4) is 0 Å². The van der Waals surface area contributed by atoms with E-state index in [4.69, 9.17) is 10.5 Å². The molecule has 0 saturated heterocycles. The van der Waals surface area contributed by atoms with Crippen LogP contribution >= 0.6 is 0 Å². The molecule has 0 bridgehead atoms. The molecule has 0 fully saturated rings. The summed E-state index contributed by atoms with van der Waals surface area (Å²) >= 11 is 0. The van der Waals surface area contributed by atoms with Crippen LogP contribution in [0.1, 0.15) is 45.7 Å². The van der Waals surface area contributed by atoms with Crippen molar-refractivity contribution in [2.75, 3.05) is 13.1 Å². The number of ether oxygens (including phenoxy) is 1. The van der Waals surface area contributed by atoms with Crippen molar-refractivity contribution in [2.24, 2.45) is 5.73 Å². The molecule has 0 aliphatic heterocycles.